The highest BCUT2D eigenvalue weighted by molar-refractivity contribution is 6.21. The highest BCUT2D eigenvalue weighted by Gasteiger charge is 2.00. The molecule has 0 radical (unpaired) electrons. The van der Waals surface area contributed by atoms with Crippen LogP contribution in [-0.4, -0.2) is 32.5 Å². The summed E-state index contributed by atoms with van der Waals surface area (Å²) in [6.45, 7) is 0. The van der Waals surface area contributed by atoms with Gasteiger partial charge in [-0.05, 0) is 0 Å². The van der Waals surface area contributed by atoms with Gasteiger partial charge in [0.25, 0.3) is 0 Å². The average molecular weight is 168 g/mol. The molecule has 0 saturated heterocycles. The van der Waals surface area contributed by atoms with Gasteiger partial charge in [0, 0.05) is 0 Å². The van der Waals surface area contributed by atoms with E-state index >= 15 is 0 Å². The van der Waals surface area contributed by atoms with E-state index in [4.69, 9.17) is 10.2 Å². The minimum Gasteiger partial charge on any atom is -0.465 e. The molecule has 58 valence electrons. The fourth-order valence-electron chi connectivity index (χ4n) is 0.149. The lowest BCUT2D eigenvalue weighted by molar-refractivity contribution is -0.171. The number of hydrogen-bond acceptors (Lipinski definition) is 5. The Morgan fingerprint density at radius 1 is 1.20 bits per heavy atom. The third-order valence-corrected chi connectivity index (χ3v) is 0.940. The Balaban J connectivity index is 3.06. The van der Waals surface area contributed by atoms with Gasteiger partial charge in [-0.3, -0.25) is 4.89 Å². The average Bonchev–Trinajstić information content (AvgIpc) is 1.79. The quantitative estimate of drug-likeness (QED) is 0.249. The van der Waals surface area contributed by atoms with E-state index < -0.39 is 22.3 Å². The summed E-state index contributed by atoms with van der Waals surface area (Å²) in [7, 11) is -1.88. The number of carbonyl (C=O) groups is 2. The van der Waals surface area contributed by atoms with Gasteiger partial charge in [0.15, 0.2) is 0 Å². The topological polar surface area (TPSA) is 102 Å². The molecule has 7 nitrogen and oxygen atoms in total. The summed E-state index contributed by atoms with van der Waals surface area (Å²) in [4.78, 5) is 22.6. The van der Waals surface area contributed by atoms with E-state index in [0.717, 1.165) is 0 Å². The van der Waals surface area contributed by atoms with Gasteiger partial charge in [0.2, 0.25) is 0 Å². The summed E-state index contributed by atoms with van der Waals surface area (Å²) in [6, 6.07) is 0. The van der Waals surface area contributed by atoms with E-state index in [-0.39, 0.29) is 0 Å². The van der Waals surface area contributed by atoms with Crippen LogP contribution in [0.5, 0.6) is 0 Å². The van der Waals surface area contributed by atoms with E-state index in [1.165, 1.54) is 0 Å². The summed E-state index contributed by atoms with van der Waals surface area (Å²) < 4.78 is 7.68. The van der Waals surface area contributed by atoms with E-state index in [1.54, 1.807) is 0 Å². The van der Waals surface area contributed by atoms with Crippen LogP contribution in [0.2, 0.25) is 0 Å². The SMILES string of the molecule is O=C(O)OO[SiH2]OC(=O)O. The van der Waals surface area contributed by atoms with Gasteiger partial charge in [-0.1, -0.05) is 0 Å². The standard InChI is InChI=1S/C2H4O7Si/c3-1(4)7-9-10-8-2(5)6/h10H2,(H,3,4)(H,5,6). The Morgan fingerprint density at radius 3 is 2.20 bits per heavy atom. The molecule has 0 aliphatic rings. The zero-order chi connectivity index (χ0) is 7.98. The summed E-state index contributed by atoms with van der Waals surface area (Å²) in [5, 5.41) is 15.6. The lowest BCUT2D eigenvalue weighted by Crippen LogP contribution is -2.12. The smallest absolute Gasteiger partial charge is 0.465 e. The predicted octanol–water partition coefficient (Wildman–Crippen LogP) is -0.694. The maximum atomic E-state index is 9.57. The van der Waals surface area contributed by atoms with Gasteiger partial charge in [-0.15, -0.1) is 0 Å². The third kappa shape index (κ3) is 6.72. The van der Waals surface area contributed by atoms with Crippen molar-refractivity contribution in [2.24, 2.45) is 0 Å². The Kier molecular flexibility index (Phi) is 3.99. The number of rotatable bonds is 3. The van der Waals surface area contributed by atoms with Crippen molar-refractivity contribution in [2.75, 3.05) is 0 Å². The Labute approximate surface area is 57.1 Å². The van der Waals surface area contributed by atoms with Crippen LogP contribution in [0.3, 0.4) is 0 Å². The van der Waals surface area contributed by atoms with Gasteiger partial charge in [0.05, 0.1) is 0 Å². The van der Waals surface area contributed by atoms with Gasteiger partial charge >= 0.3 is 22.3 Å². The van der Waals surface area contributed by atoms with Crippen LogP contribution < -0.4 is 0 Å². The zero-order valence-corrected chi connectivity index (χ0v) is 6.06. The van der Waals surface area contributed by atoms with Crippen LogP contribution in [-0.2, 0) is 13.9 Å². The molecule has 0 aromatic heterocycles. The van der Waals surface area contributed by atoms with Crippen LogP contribution in [0.15, 0.2) is 0 Å². The molecule has 0 spiro atoms. The molecule has 10 heavy (non-hydrogen) atoms. The number of hydrogen-bond donors (Lipinski definition) is 2. The van der Waals surface area contributed by atoms with E-state index in [9.17, 15) is 9.59 Å². The summed E-state index contributed by atoms with van der Waals surface area (Å²) >= 11 is 0. The minimum atomic E-state index is -1.88. The molecule has 0 bridgehead atoms. The molecule has 0 aliphatic carbocycles. The molecule has 0 aliphatic heterocycles. The van der Waals surface area contributed by atoms with Crippen LogP contribution >= 0.6 is 0 Å². The van der Waals surface area contributed by atoms with Crippen molar-refractivity contribution in [1.29, 1.82) is 0 Å². The summed E-state index contributed by atoms with van der Waals surface area (Å²) in [5.41, 5.74) is 0. The van der Waals surface area contributed by atoms with Crippen molar-refractivity contribution in [3.05, 3.63) is 0 Å². The molecule has 0 unspecified atom stereocenters. The van der Waals surface area contributed by atoms with Crippen molar-refractivity contribution in [1.82, 2.24) is 0 Å². The van der Waals surface area contributed by atoms with Gasteiger partial charge in [-0.25, -0.2) is 9.59 Å². The third-order valence-electron chi connectivity index (χ3n) is 0.361. The second-order valence-electron chi connectivity index (χ2n) is 0.995. The Morgan fingerprint density at radius 2 is 1.80 bits per heavy atom. The second kappa shape index (κ2) is 4.58. The first-order valence-electron chi connectivity index (χ1n) is 2.01. The fraction of sp³-hybridized carbons (Fsp3) is 0. The fourth-order valence-corrected chi connectivity index (χ4v) is 0.447. The normalized spacial score (nSPS) is 9.60. The highest BCUT2D eigenvalue weighted by atomic mass is 28.3. The Hall–Kier alpha value is -1.28. The lowest BCUT2D eigenvalue weighted by atomic mass is 11.5. The van der Waals surface area contributed by atoms with Crippen LogP contribution in [0.4, 0.5) is 9.59 Å². The summed E-state index contributed by atoms with van der Waals surface area (Å²) in [6.07, 6.45) is -3.15. The first kappa shape index (κ1) is 8.72. The molecule has 2 N–H and O–H groups in total. The molecule has 0 aromatic rings. The second-order valence-corrected chi connectivity index (χ2v) is 1.76. The molecule has 8 heteroatoms. The van der Waals surface area contributed by atoms with Crippen LogP contribution in [0.25, 0.3) is 0 Å². The van der Waals surface area contributed by atoms with Crippen LogP contribution in [0.1, 0.15) is 0 Å². The molecular weight excluding hydrogens is 164 g/mol. The van der Waals surface area contributed by atoms with Gasteiger partial charge < -0.3 is 14.6 Å². The molecule has 0 saturated carbocycles. The first-order chi connectivity index (χ1) is 4.63. The molecule has 0 atom stereocenters. The van der Waals surface area contributed by atoms with Crippen molar-refractivity contribution in [2.45, 2.75) is 0 Å². The monoisotopic (exact) mass is 168 g/mol. The first-order valence-corrected chi connectivity index (χ1v) is 3.16. The van der Waals surface area contributed by atoms with Gasteiger partial charge in [-0.2, -0.15) is 4.58 Å². The van der Waals surface area contributed by atoms with Crippen LogP contribution in [0, 0.1) is 0 Å². The minimum absolute atomic E-state index is 1.51. The molecule has 0 amide bonds. The molecule has 0 aromatic carbocycles. The molecule has 0 fully saturated rings. The lowest BCUT2D eigenvalue weighted by Gasteiger charge is -1.97. The molecular formula is C2H4O7Si. The van der Waals surface area contributed by atoms with E-state index in [0.29, 0.717) is 0 Å². The maximum absolute atomic E-state index is 9.57. The number of carboxylic acid groups (broad SMARTS) is 2. The van der Waals surface area contributed by atoms with Crippen molar-refractivity contribution < 1.29 is 33.7 Å². The van der Waals surface area contributed by atoms with Crippen molar-refractivity contribution in [3.63, 3.8) is 0 Å². The van der Waals surface area contributed by atoms with E-state index in [1.807, 2.05) is 0 Å². The largest absolute Gasteiger partial charge is 0.537 e. The molecule has 0 rings (SSSR count). The Bertz CT molecular complexity index is 116. The van der Waals surface area contributed by atoms with E-state index in [2.05, 4.69) is 13.9 Å². The van der Waals surface area contributed by atoms with Gasteiger partial charge in [0.1, 0.15) is 0 Å². The molecule has 0 heterocycles. The highest BCUT2D eigenvalue weighted by Crippen LogP contribution is 1.79. The maximum Gasteiger partial charge on any atom is 0.537 e. The zero-order valence-electron chi connectivity index (χ0n) is 4.64. The summed E-state index contributed by atoms with van der Waals surface area (Å²) in [5.74, 6) is 0. The van der Waals surface area contributed by atoms with Crippen molar-refractivity contribution in [3.8, 4) is 0 Å². The predicted molar refractivity (Wildman–Crippen MR) is 27.8 cm³/mol. The van der Waals surface area contributed by atoms with Crippen molar-refractivity contribution >= 4 is 22.3 Å².